The molecule has 0 saturated heterocycles. The number of halogens is 2. The molecule has 11 heteroatoms. The van der Waals surface area contributed by atoms with Crippen molar-refractivity contribution < 1.29 is 28.2 Å². The van der Waals surface area contributed by atoms with Gasteiger partial charge in [-0.05, 0) is 63.7 Å². The molecule has 0 spiro atoms. The van der Waals surface area contributed by atoms with E-state index in [1.54, 1.807) is 24.3 Å². The number of aliphatic imine (C=N–C) groups is 1. The van der Waals surface area contributed by atoms with Gasteiger partial charge in [-0.3, -0.25) is 4.79 Å². The van der Waals surface area contributed by atoms with Gasteiger partial charge in [0.25, 0.3) is 5.91 Å². The van der Waals surface area contributed by atoms with Gasteiger partial charge in [0, 0.05) is 48.1 Å². The summed E-state index contributed by atoms with van der Waals surface area (Å²) in [5, 5.41) is 15.7. The third-order valence-electron chi connectivity index (χ3n) is 8.69. The Morgan fingerprint density at radius 1 is 0.882 bits per heavy atom. The summed E-state index contributed by atoms with van der Waals surface area (Å²) in [7, 11) is 0. The highest BCUT2D eigenvalue weighted by Crippen LogP contribution is 2.43. The van der Waals surface area contributed by atoms with Gasteiger partial charge in [-0.2, -0.15) is 0 Å². The van der Waals surface area contributed by atoms with Crippen molar-refractivity contribution in [1.82, 2.24) is 5.32 Å². The van der Waals surface area contributed by atoms with E-state index in [4.69, 9.17) is 25.1 Å². The van der Waals surface area contributed by atoms with E-state index in [0.717, 1.165) is 23.3 Å². The summed E-state index contributed by atoms with van der Waals surface area (Å²) in [4.78, 5) is 22.7. The third-order valence-corrected chi connectivity index (χ3v) is 8.69. The van der Waals surface area contributed by atoms with E-state index >= 15 is 0 Å². The van der Waals surface area contributed by atoms with Crippen LogP contribution in [-0.4, -0.2) is 35.7 Å². The van der Waals surface area contributed by atoms with Crippen molar-refractivity contribution in [1.29, 1.82) is 0 Å². The van der Waals surface area contributed by atoms with Crippen molar-refractivity contribution in [3.8, 4) is 16.9 Å². The zero-order valence-corrected chi connectivity index (χ0v) is 27.6. The van der Waals surface area contributed by atoms with Gasteiger partial charge in [-0.1, -0.05) is 90.0 Å². The fourth-order valence-electron chi connectivity index (χ4n) is 6.04. The molecule has 258 valence electrons. The number of benzene rings is 5. The Kier molecular flexibility index (Phi) is 11.0. The summed E-state index contributed by atoms with van der Waals surface area (Å²) in [6, 6.07) is 35.2. The minimum absolute atomic E-state index is 0.0143. The Balaban J connectivity index is 1.44. The lowest BCUT2D eigenvalue weighted by Crippen LogP contribution is -2.50. The molecule has 5 aromatic carbocycles. The number of carbonyl (C=O) groups is 1. The minimum Gasteiger partial charge on any atom is -0.494 e. The largest absolute Gasteiger partial charge is 0.494 e. The van der Waals surface area contributed by atoms with Crippen molar-refractivity contribution in [3.05, 3.63) is 171 Å². The molecule has 1 heterocycles. The second kappa shape index (κ2) is 16.1. The van der Waals surface area contributed by atoms with E-state index < -0.39 is 29.2 Å². The molecule has 0 saturated carbocycles. The number of aliphatic hydroxyl groups is 1. The predicted octanol–water partition coefficient (Wildman–Crippen LogP) is 8.02. The van der Waals surface area contributed by atoms with Gasteiger partial charge < -0.3 is 19.9 Å². The first-order chi connectivity index (χ1) is 24.9. The molecular weight excluding hydrogens is 652 g/mol. The summed E-state index contributed by atoms with van der Waals surface area (Å²) in [5.74, 6) is -1.25. The highest BCUT2D eigenvalue weighted by atomic mass is 19.1. The van der Waals surface area contributed by atoms with Crippen molar-refractivity contribution in [2.45, 2.75) is 37.6 Å². The van der Waals surface area contributed by atoms with Gasteiger partial charge >= 0.3 is 0 Å². The Hall–Kier alpha value is -6.03. The second-order valence-electron chi connectivity index (χ2n) is 12.0. The predicted molar refractivity (Wildman–Crippen MR) is 190 cm³/mol. The first-order valence-corrected chi connectivity index (χ1v) is 16.5. The number of hydrogen-bond donors (Lipinski definition) is 2. The molecule has 0 fully saturated rings. The number of azide groups is 1. The van der Waals surface area contributed by atoms with Gasteiger partial charge in [0.2, 0.25) is 5.90 Å². The zero-order chi connectivity index (χ0) is 35.6. The van der Waals surface area contributed by atoms with E-state index in [1.807, 2.05) is 78.9 Å². The zero-order valence-electron chi connectivity index (χ0n) is 27.6. The SMILES string of the molecule is [N-]=[N+]=NCc1ccccc1C[C@@]1(C(=O)NCc2ccc(F)cc2F)N=C(c2ccc(OCCCO)cc2)O[C@@H]1c1ccc(-c2ccccc2)cc1. The van der Waals surface area contributed by atoms with Gasteiger partial charge in [-0.25, -0.2) is 13.8 Å². The number of aliphatic hydroxyl groups excluding tert-OH is 1. The Labute approximate surface area is 293 Å². The monoisotopic (exact) mass is 687 g/mol. The van der Waals surface area contributed by atoms with Crippen molar-refractivity contribution >= 4 is 11.8 Å². The average Bonchev–Trinajstić information content (AvgIpc) is 3.55. The molecule has 0 aliphatic carbocycles. The minimum atomic E-state index is -1.62. The average molecular weight is 688 g/mol. The van der Waals surface area contributed by atoms with Crippen LogP contribution in [0.5, 0.6) is 5.75 Å². The summed E-state index contributed by atoms with van der Waals surface area (Å²) in [6.07, 6.45) is -0.412. The van der Waals surface area contributed by atoms with Crippen molar-refractivity contribution in [2.75, 3.05) is 13.2 Å². The van der Waals surface area contributed by atoms with Crippen LogP contribution in [0.1, 0.15) is 40.3 Å². The van der Waals surface area contributed by atoms with Crippen LogP contribution in [0.25, 0.3) is 21.6 Å². The molecule has 1 aliphatic rings. The molecule has 0 bridgehead atoms. The van der Waals surface area contributed by atoms with Crippen molar-refractivity contribution in [2.24, 2.45) is 10.1 Å². The fraction of sp³-hybridized carbons (Fsp3) is 0.200. The van der Waals surface area contributed by atoms with E-state index in [9.17, 15) is 13.6 Å². The molecule has 0 radical (unpaired) electrons. The second-order valence-corrected chi connectivity index (χ2v) is 12.0. The molecule has 1 aliphatic heterocycles. The number of hydrogen-bond acceptors (Lipinski definition) is 6. The topological polar surface area (TPSA) is 129 Å². The maximum absolute atomic E-state index is 14.7. The fourth-order valence-corrected chi connectivity index (χ4v) is 6.04. The van der Waals surface area contributed by atoms with Crippen LogP contribution < -0.4 is 10.1 Å². The highest BCUT2D eigenvalue weighted by molar-refractivity contribution is 6.01. The summed E-state index contributed by atoms with van der Waals surface area (Å²) in [6.45, 7) is 0.191. The van der Waals surface area contributed by atoms with E-state index in [-0.39, 0.29) is 37.6 Å². The Morgan fingerprint density at radius 2 is 1.57 bits per heavy atom. The Bertz CT molecular complexity index is 2050. The molecule has 0 unspecified atom stereocenters. The van der Waals surface area contributed by atoms with E-state index in [0.29, 0.717) is 41.0 Å². The quantitative estimate of drug-likeness (QED) is 0.0530. The molecule has 5 aromatic rings. The summed E-state index contributed by atoms with van der Waals surface area (Å²) < 4.78 is 40.8. The molecule has 9 nitrogen and oxygen atoms in total. The molecule has 2 atom stereocenters. The molecule has 6 rings (SSSR count). The number of nitrogens with zero attached hydrogens (tertiary/aromatic N) is 4. The molecule has 51 heavy (non-hydrogen) atoms. The van der Waals surface area contributed by atoms with Crippen LogP contribution in [0.3, 0.4) is 0 Å². The molecule has 0 aromatic heterocycles. The van der Waals surface area contributed by atoms with Gasteiger partial charge in [0.05, 0.1) is 13.2 Å². The smallest absolute Gasteiger partial charge is 0.252 e. The van der Waals surface area contributed by atoms with Gasteiger partial charge in [-0.15, -0.1) is 0 Å². The Morgan fingerprint density at radius 3 is 2.27 bits per heavy atom. The summed E-state index contributed by atoms with van der Waals surface area (Å²) in [5.41, 5.74) is 12.2. The first kappa shape index (κ1) is 34.8. The number of ether oxygens (including phenoxy) is 2. The maximum Gasteiger partial charge on any atom is 0.252 e. The standard InChI is InChI=1S/C40H35F2N5O4/c41-34-18-15-33(36(42)23-34)25-44-39(49)40(24-31-9-4-5-10-32(31)26-45-47-43)37(29-13-11-28(12-14-29)27-7-2-1-3-8-27)51-38(46-40)30-16-19-35(20-17-30)50-22-6-21-48/h1-5,7-20,23,37,48H,6,21-22,24-26H2,(H,44,49)/t37-,40-/m1/s1. The number of rotatable bonds is 14. The van der Waals surface area contributed by atoms with Crippen LogP contribution in [0.4, 0.5) is 8.78 Å². The van der Waals surface area contributed by atoms with Crippen LogP contribution in [0.2, 0.25) is 0 Å². The molecular formula is C40H35F2N5O4. The van der Waals surface area contributed by atoms with Crippen LogP contribution in [-0.2, 0) is 29.0 Å². The normalized spacial score (nSPS) is 16.5. The lowest BCUT2D eigenvalue weighted by atomic mass is 9.80. The number of carbonyl (C=O) groups excluding carboxylic acids is 1. The third kappa shape index (κ3) is 8.07. The van der Waals surface area contributed by atoms with Gasteiger partial charge in [0.1, 0.15) is 17.4 Å². The van der Waals surface area contributed by atoms with Crippen LogP contribution in [0.15, 0.2) is 131 Å². The van der Waals surface area contributed by atoms with Gasteiger partial charge in [0.15, 0.2) is 11.6 Å². The van der Waals surface area contributed by atoms with E-state index in [2.05, 4.69) is 15.3 Å². The number of nitrogens with one attached hydrogen (secondary N) is 1. The lowest BCUT2D eigenvalue weighted by Gasteiger charge is -2.31. The van der Waals surface area contributed by atoms with Crippen LogP contribution >= 0.6 is 0 Å². The molecule has 1 amide bonds. The van der Waals surface area contributed by atoms with E-state index in [1.165, 1.54) is 6.07 Å². The summed E-state index contributed by atoms with van der Waals surface area (Å²) >= 11 is 0. The van der Waals surface area contributed by atoms with Crippen LogP contribution in [0, 0.1) is 11.6 Å². The first-order valence-electron chi connectivity index (χ1n) is 16.5. The highest BCUT2D eigenvalue weighted by Gasteiger charge is 2.53. The van der Waals surface area contributed by atoms with Crippen molar-refractivity contribution in [3.63, 3.8) is 0 Å². The maximum atomic E-state index is 14.7. The number of amides is 1. The lowest BCUT2D eigenvalue weighted by molar-refractivity contribution is -0.129. The molecule has 2 N–H and O–H groups in total.